The maximum atomic E-state index is 11.3. The molecule has 0 fully saturated rings. The van der Waals surface area contributed by atoms with Crippen LogP contribution in [-0.2, 0) is 4.79 Å². The number of alkyl halides is 3. The van der Waals surface area contributed by atoms with Gasteiger partial charge in [0.25, 0.3) is 0 Å². The lowest BCUT2D eigenvalue weighted by molar-refractivity contribution is -0.299. The van der Waals surface area contributed by atoms with Gasteiger partial charge in [-0.05, 0) is 12.5 Å². The lowest BCUT2D eigenvalue weighted by atomic mass is 10.3. The highest BCUT2D eigenvalue weighted by Crippen LogP contribution is 2.17. The summed E-state index contributed by atoms with van der Waals surface area (Å²) < 4.78 is 33.9. The summed E-state index contributed by atoms with van der Waals surface area (Å²) in [4.78, 5) is 9.70. The summed E-state index contributed by atoms with van der Waals surface area (Å²) in [5.74, 6) is -1.81. The van der Waals surface area contributed by atoms with Gasteiger partial charge in [-0.3, -0.25) is 0 Å². The molecule has 10 heavy (non-hydrogen) atoms. The van der Waals surface area contributed by atoms with Gasteiger partial charge in [0.05, 0.1) is 5.97 Å². The molecule has 0 saturated carbocycles. The van der Waals surface area contributed by atoms with E-state index in [0.717, 1.165) is 6.92 Å². The van der Waals surface area contributed by atoms with Crippen LogP contribution in [0, 0.1) is 0 Å². The Kier molecular flexibility index (Phi) is 2.45. The van der Waals surface area contributed by atoms with Crippen molar-refractivity contribution in [3.8, 4) is 0 Å². The fourth-order valence-electron chi connectivity index (χ4n) is 0.304. The molecule has 5 heteroatoms. The molecule has 0 atom stereocenters. The third-order valence-corrected chi connectivity index (χ3v) is 0.702. The molecular weight excluding hydrogens is 149 g/mol. The molecule has 0 bridgehead atoms. The van der Waals surface area contributed by atoms with Crippen LogP contribution in [0.4, 0.5) is 13.2 Å². The van der Waals surface area contributed by atoms with Crippen LogP contribution in [0.15, 0.2) is 11.6 Å². The van der Waals surface area contributed by atoms with Crippen LogP contribution in [0.5, 0.6) is 0 Å². The van der Waals surface area contributed by atoms with Crippen molar-refractivity contribution in [3.05, 3.63) is 11.6 Å². The van der Waals surface area contributed by atoms with Gasteiger partial charge in [-0.2, -0.15) is 13.2 Å². The molecule has 0 aliphatic rings. The number of carboxylic acid groups (broad SMARTS) is 1. The number of carboxylic acids is 1. The Morgan fingerprint density at radius 2 is 1.90 bits per heavy atom. The van der Waals surface area contributed by atoms with Gasteiger partial charge in [0, 0.05) is 6.08 Å². The molecule has 0 saturated heterocycles. The molecule has 58 valence electrons. The predicted molar refractivity (Wildman–Crippen MR) is 24.8 cm³/mol. The first-order chi connectivity index (χ1) is 4.33. The molecule has 0 heterocycles. The number of rotatable bonds is 1. The number of carbonyl (C=O) groups excluding carboxylic acids is 1. The Labute approximate surface area is 55.0 Å². The van der Waals surface area contributed by atoms with Gasteiger partial charge >= 0.3 is 6.18 Å². The SMILES string of the molecule is C/C(=C\C(F)(F)F)C(=O)[O-]. The first-order valence-corrected chi connectivity index (χ1v) is 2.30. The molecule has 2 nitrogen and oxygen atoms in total. The Hall–Kier alpha value is -1.00. The van der Waals surface area contributed by atoms with Gasteiger partial charge in [-0.25, -0.2) is 0 Å². The quantitative estimate of drug-likeness (QED) is 0.506. The van der Waals surface area contributed by atoms with Crippen LogP contribution in [0.25, 0.3) is 0 Å². The lowest BCUT2D eigenvalue weighted by Crippen LogP contribution is -2.24. The van der Waals surface area contributed by atoms with Crippen LogP contribution in [0.2, 0.25) is 0 Å². The highest BCUT2D eigenvalue weighted by atomic mass is 19.4. The van der Waals surface area contributed by atoms with E-state index in [0.29, 0.717) is 0 Å². The summed E-state index contributed by atoms with van der Waals surface area (Å²) in [6, 6.07) is 0. The van der Waals surface area contributed by atoms with Crippen LogP contribution < -0.4 is 5.11 Å². The third-order valence-electron chi connectivity index (χ3n) is 0.702. The van der Waals surface area contributed by atoms with Gasteiger partial charge in [-0.15, -0.1) is 0 Å². The second-order valence-electron chi connectivity index (χ2n) is 1.66. The van der Waals surface area contributed by atoms with Gasteiger partial charge < -0.3 is 9.90 Å². The van der Waals surface area contributed by atoms with Crippen molar-refractivity contribution in [2.75, 3.05) is 0 Å². The minimum Gasteiger partial charge on any atom is -0.545 e. The van der Waals surface area contributed by atoms with Crippen LogP contribution >= 0.6 is 0 Å². The average molecular weight is 153 g/mol. The van der Waals surface area contributed by atoms with E-state index in [1.54, 1.807) is 0 Å². The van der Waals surface area contributed by atoms with Crippen molar-refractivity contribution in [2.45, 2.75) is 13.1 Å². The van der Waals surface area contributed by atoms with E-state index in [-0.39, 0.29) is 6.08 Å². The van der Waals surface area contributed by atoms with E-state index in [2.05, 4.69) is 0 Å². The van der Waals surface area contributed by atoms with Crippen molar-refractivity contribution in [1.29, 1.82) is 0 Å². The van der Waals surface area contributed by atoms with E-state index < -0.39 is 17.7 Å². The maximum absolute atomic E-state index is 11.3. The summed E-state index contributed by atoms with van der Waals surface area (Å²) in [6.45, 7) is 0.822. The van der Waals surface area contributed by atoms with Gasteiger partial charge in [0.2, 0.25) is 0 Å². The van der Waals surface area contributed by atoms with E-state index in [1.165, 1.54) is 0 Å². The molecule has 0 radical (unpaired) electrons. The molecule has 0 unspecified atom stereocenters. The fourth-order valence-corrected chi connectivity index (χ4v) is 0.304. The van der Waals surface area contributed by atoms with Crippen LogP contribution in [0.1, 0.15) is 6.92 Å². The largest absolute Gasteiger partial charge is 0.545 e. The van der Waals surface area contributed by atoms with Gasteiger partial charge in [0.15, 0.2) is 0 Å². The summed E-state index contributed by atoms with van der Waals surface area (Å²) in [7, 11) is 0. The summed E-state index contributed by atoms with van der Waals surface area (Å²) >= 11 is 0. The number of carbonyl (C=O) groups is 1. The van der Waals surface area contributed by atoms with Crippen molar-refractivity contribution in [1.82, 2.24) is 0 Å². The van der Waals surface area contributed by atoms with Crippen LogP contribution in [-0.4, -0.2) is 12.1 Å². The van der Waals surface area contributed by atoms with Gasteiger partial charge in [-0.1, -0.05) is 0 Å². The number of hydrogen-bond acceptors (Lipinski definition) is 2. The van der Waals surface area contributed by atoms with E-state index >= 15 is 0 Å². The number of allylic oxidation sites excluding steroid dienone is 1. The van der Waals surface area contributed by atoms with E-state index in [9.17, 15) is 23.1 Å². The molecule has 0 aromatic rings. The molecule has 0 aliphatic heterocycles. The highest BCUT2D eigenvalue weighted by molar-refractivity contribution is 5.83. The molecule has 0 aliphatic carbocycles. The highest BCUT2D eigenvalue weighted by Gasteiger charge is 2.23. The molecule has 0 amide bonds. The molecule has 0 N–H and O–H groups in total. The molecule has 0 aromatic carbocycles. The number of hydrogen-bond donors (Lipinski definition) is 0. The second-order valence-corrected chi connectivity index (χ2v) is 1.66. The zero-order valence-corrected chi connectivity index (χ0v) is 5.03. The smallest absolute Gasteiger partial charge is 0.410 e. The number of halogens is 3. The summed E-state index contributed by atoms with van der Waals surface area (Å²) in [6.07, 6.45) is -4.90. The number of aliphatic carboxylic acids is 1. The maximum Gasteiger partial charge on any atom is 0.410 e. The molecule has 0 rings (SSSR count). The van der Waals surface area contributed by atoms with Crippen molar-refractivity contribution in [3.63, 3.8) is 0 Å². The Bertz CT molecular complexity index is 168. The standard InChI is InChI=1S/C5H5F3O2/c1-3(4(9)10)2-5(6,7)8/h2H,1H3,(H,9,10)/p-1/b3-2+. The van der Waals surface area contributed by atoms with Crippen molar-refractivity contribution in [2.24, 2.45) is 0 Å². The Balaban J connectivity index is 4.32. The molecule has 0 aromatic heterocycles. The Morgan fingerprint density at radius 3 is 2.00 bits per heavy atom. The first kappa shape index (κ1) is 9.00. The predicted octanol–water partition coefficient (Wildman–Crippen LogP) is 0.245. The van der Waals surface area contributed by atoms with E-state index in [4.69, 9.17) is 0 Å². The third kappa shape index (κ3) is 3.94. The zero-order chi connectivity index (χ0) is 8.36. The van der Waals surface area contributed by atoms with Crippen molar-refractivity contribution >= 4 is 5.97 Å². The molecular formula is C5H4F3O2-. The molecule has 0 spiro atoms. The summed E-state index contributed by atoms with van der Waals surface area (Å²) in [5, 5.41) is 9.70. The zero-order valence-electron chi connectivity index (χ0n) is 5.03. The minimum absolute atomic E-state index is 0.317. The van der Waals surface area contributed by atoms with Crippen LogP contribution in [0.3, 0.4) is 0 Å². The fraction of sp³-hybridized carbons (Fsp3) is 0.400. The lowest BCUT2D eigenvalue weighted by Gasteiger charge is -2.03. The van der Waals surface area contributed by atoms with Crippen molar-refractivity contribution < 1.29 is 23.1 Å². The summed E-state index contributed by atoms with van der Waals surface area (Å²) in [5.41, 5.74) is -0.826. The monoisotopic (exact) mass is 153 g/mol. The van der Waals surface area contributed by atoms with Gasteiger partial charge in [0.1, 0.15) is 0 Å². The van der Waals surface area contributed by atoms with E-state index in [1.807, 2.05) is 0 Å². The second kappa shape index (κ2) is 2.72. The average Bonchev–Trinajstić information content (AvgIpc) is 1.60. The minimum atomic E-state index is -4.58. The normalized spacial score (nSPS) is 13.4. The Morgan fingerprint density at radius 1 is 1.50 bits per heavy atom. The first-order valence-electron chi connectivity index (χ1n) is 2.30. The topological polar surface area (TPSA) is 40.1 Å².